The number of halogens is 2. The molecule has 32 heavy (non-hydrogen) atoms. The van der Waals surface area contributed by atoms with Crippen LogP contribution in [0.1, 0.15) is 18.1 Å². The first-order chi connectivity index (χ1) is 15.5. The zero-order valence-corrected chi connectivity index (χ0v) is 20.4. The van der Waals surface area contributed by atoms with Crippen LogP contribution < -0.4 is 5.43 Å². The minimum absolute atomic E-state index is 0.192. The number of hydrazone groups is 1. The lowest BCUT2D eigenvalue weighted by molar-refractivity contribution is -0.118. The highest BCUT2D eigenvalue weighted by molar-refractivity contribution is 9.10. The second kappa shape index (κ2) is 10.3. The Hall–Kier alpha value is -2.61. The molecule has 0 unspecified atom stereocenters. The Labute approximate surface area is 204 Å². The molecule has 0 aliphatic heterocycles. The molecule has 0 atom stereocenters. The Kier molecular flexibility index (Phi) is 7.29. The summed E-state index contributed by atoms with van der Waals surface area (Å²) in [5.41, 5.74) is 7.20. The molecule has 1 heterocycles. The van der Waals surface area contributed by atoms with E-state index in [1.807, 2.05) is 79.7 Å². The first-order valence-electron chi connectivity index (χ1n) is 9.92. The lowest BCUT2D eigenvalue weighted by Gasteiger charge is -2.10. The van der Waals surface area contributed by atoms with Crippen molar-refractivity contribution in [3.05, 3.63) is 93.4 Å². The highest BCUT2D eigenvalue weighted by Crippen LogP contribution is 2.27. The van der Waals surface area contributed by atoms with E-state index in [-0.39, 0.29) is 11.7 Å². The SMILES string of the molecule is CC(=NNC(=O)CSc1nc2ccccc2n1Cc1ccccc1Cl)c1ccc(Br)cc1. The van der Waals surface area contributed by atoms with Crippen molar-refractivity contribution in [1.29, 1.82) is 0 Å². The van der Waals surface area contributed by atoms with Crippen LogP contribution in [0.2, 0.25) is 5.02 Å². The fourth-order valence-electron chi connectivity index (χ4n) is 3.18. The monoisotopic (exact) mass is 526 g/mol. The van der Waals surface area contributed by atoms with Crippen LogP contribution in [0.4, 0.5) is 0 Å². The maximum absolute atomic E-state index is 12.4. The number of thioether (sulfide) groups is 1. The Morgan fingerprint density at radius 3 is 2.59 bits per heavy atom. The van der Waals surface area contributed by atoms with Crippen molar-refractivity contribution >= 4 is 61.9 Å². The van der Waals surface area contributed by atoms with Crippen molar-refractivity contribution in [2.45, 2.75) is 18.6 Å². The predicted octanol–water partition coefficient (Wildman–Crippen LogP) is 6.13. The molecule has 5 nitrogen and oxygen atoms in total. The van der Waals surface area contributed by atoms with Gasteiger partial charge in [0.2, 0.25) is 0 Å². The molecule has 1 N–H and O–H groups in total. The van der Waals surface area contributed by atoms with E-state index in [0.29, 0.717) is 11.6 Å². The van der Waals surface area contributed by atoms with Gasteiger partial charge in [0.1, 0.15) is 0 Å². The molecular formula is C24H20BrClN4OS. The molecule has 0 spiro atoms. The molecule has 0 saturated carbocycles. The number of nitrogens with one attached hydrogen (secondary N) is 1. The number of fused-ring (bicyclic) bond motifs is 1. The predicted molar refractivity (Wildman–Crippen MR) is 136 cm³/mol. The van der Waals surface area contributed by atoms with Crippen LogP contribution in [-0.4, -0.2) is 26.9 Å². The van der Waals surface area contributed by atoms with E-state index in [1.165, 1.54) is 11.8 Å². The smallest absolute Gasteiger partial charge is 0.250 e. The molecular weight excluding hydrogens is 508 g/mol. The van der Waals surface area contributed by atoms with Gasteiger partial charge in [0, 0.05) is 9.50 Å². The summed E-state index contributed by atoms with van der Waals surface area (Å²) in [5.74, 6) is 0.00554. The number of benzene rings is 3. The summed E-state index contributed by atoms with van der Waals surface area (Å²) in [6, 6.07) is 23.4. The second-order valence-electron chi connectivity index (χ2n) is 7.09. The van der Waals surface area contributed by atoms with E-state index in [0.717, 1.165) is 37.5 Å². The fourth-order valence-corrected chi connectivity index (χ4v) is 4.44. The summed E-state index contributed by atoms with van der Waals surface area (Å²) < 4.78 is 3.08. The largest absolute Gasteiger partial charge is 0.314 e. The minimum Gasteiger partial charge on any atom is -0.314 e. The van der Waals surface area contributed by atoms with Crippen LogP contribution in [0.5, 0.6) is 0 Å². The van der Waals surface area contributed by atoms with Crippen molar-refractivity contribution in [1.82, 2.24) is 15.0 Å². The van der Waals surface area contributed by atoms with Crippen LogP contribution in [0.25, 0.3) is 11.0 Å². The van der Waals surface area contributed by atoms with E-state index >= 15 is 0 Å². The molecule has 0 bridgehead atoms. The highest BCUT2D eigenvalue weighted by Gasteiger charge is 2.14. The lowest BCUT2D eigenvalue weighted by atomic mass is 10.1. The zero-order chi connectivity index (χ0) is 22.5. The molecule has 0 aliphatic rings. The quantitative estimate of drug-likeness (QED) is 0.179. The van der Waals surface area contributed by atoms with Crippen LogP contribution in [0.15, 0.2) is 87.5 Å². The van der Waals surface area contributed by atoms with E-state index in [2.05, 4.69) is 31.0 Å². The maximum Gasteiger partial charge on any atom is 0.250 e. The number of nitrogens with zero attached hydrogens (tertiary/aromatic N) is 3. The number of hydrogen-bond acceptors (Lipinski definition) is 4. The summed E-state index contributed by atoms with van der Waals surface area (Å²) in [6.07, 6.45) is 0. The Morgan fingerprint density at radius 1 is 1.09 bits per heavy atom. The van der Waals surface area contributed by atoms with Gasteiger partial charge in [0.15, 0.2) is 5.16 Å². The Bertz CT molecular complexity index is 1290. The number of hydrogen-bond donors (Lipinski definition) is 1. The van der Waals surface area contributed by atoms with Gasteiger partial charge in [0.05, 0.1) is 29.0 Å². The molecule has 8 heteroatoms. The number of para-hydroxylation sites is 2. The number of carbonyl (C=O) groups is 1. The topological polar surface area (TPSA) is 59.3 Å². The molecule has 3 aromatic carbocycles. The van der Waals surface area contributed by atoms with E-state index in [1.54, 1.807) is 0 Å². The standard InChI is InChI=1S/C24H20BrClN4OS/c1-16(17-10-12-19(25)13-11-17)28-29-23(31)15-32-24-27-21-8-4-5-9-22(21)30(24)14-18-6-2-3-7-20(18)26/h2-13H,14-15H2,1H3,(H,29,31). The summed E-state index contributed by atoms with van der Waals surface area (Å²) in [6.45, 7) is 2.44. The lowest BCUT2D eigenvalue weighted by Crippen LogP contribution is -2.21. The van der Waals surface area contributed by atoms with Gasteiger partial charge in [-0.1, -0.05) is 81.8 Å². The van der Waals surface area contributed by atoms with E-state index in [9.17, 15) is 4.79 Å². The number of aromatic nitrogens is 2. The third-order valence-electron chi connectivity index (χ3n) is 4.85. The van der Waals surface area contributed by atoms with Gasteiger partial charge in [-0.3, -0.25) is 4.79 Å². The van der Waals surface area contributed by atoms with Gasteiger partial charge in [-0.25, -0.2) is 10.4 Å². The van der Waals surface area contributed by atoms with Crippen molar-refractivity contribution < 1.29 is 4.79 Å². The Morgan fingerprint density at radius 2 is 1.81 bits per heavy atom. The molecule has 1 aromatic heterocycles. The van der Waals surface area contributed by atoms with Gasteiger partial charge in [-0.05, 0) is 48.4 Å². The van der Waals surface area contributed by atoms with E-state index < -0.39 is 0 Å². The Balaban J connectivity index is 1.48. The number of carbonyl (C=O) groups excluding carboxylic acids is 1. The van der Waals surface area contributed by atoms with Gasteiger partial charge >= 0.3 is 0 Å². The molecule has 162 valence electrons. The fraction of sp³-hybridized carbons (Fsp3) is 0.125. The number of rotatable bonds is 7. The maximum atomic E-state index is 12.4. The third kappa shape index (κ3) is 5.41. The van der Waals surface area contributed by atoms with E-state index in [4.69, 9.17) is 16.6 Å². The van der Waals surface area contributed by atoms with Crippen molar-refractivity contribution in [2.75, 3.05) is 5.75 Å². The zero-order valence-electron chi connectivity index (χ0n) is 17.3. The first-order valence-corrected chi connectivity index (χ1v) is 12.1. The van der Waals surface area contributed by atoms with Crippen LogP contribution in [-0.2, 0) is 11.3 Å². The van der Waals surface area contributed by atoms with Gasteiger partial charge in [-0.2, -0.15) is 5.10 Å². The van der Waals surface area contributed by atoms with Gasteiger partial charge in [-0.15, -0.1) is 0 Å². The summed E-state index contributed by atoms with van der Waals surface area (Å²) in [5, 5.41) is 5.69. The summed E-state index contributed by atoms with van der Waals surface area (Å²) in [4.78, 5) is 17.2. The summed E-state index contributed by atoms with van der Waals surface area (Å²) >= 11 is 11.2. The van der Waals surface area contributed by atoms with Gasteiger partial charge < -0.3 is 4.57 Å². The average molecular weight is 528 g/mol. The number of imidazole rings is 1. The van der Waals surface area contributed by atoms with Crippen LogP contribution in [0.3, 0.4) is 0 Å². The molecule has 4 aromatic rings. The van der Waals surface area contributed by atoms with Gasteiger partial charge in [0.25, 0.3) is 5.91 Å². The normalized spacial score (nSPS) is 11.7. The highest BCUT2D eigenvalue weighted by atomic mass is 79.9. The van der Waals surface area contributed by atoms with Crippen molar-refractivity contribution in [3.63, 3.8) is 0 Å². The average Bonchev–Trinajstić information content (AvgIpc) is 3.15. The van der Waals surface area contributed by atoms with Crippen molar-refractivity contribution in [3.8, 4) is 0 Å². The molecule has 0 saturated heterocycles. The van der Waals surface area contributed by atoms with Crippen molar-refractivity contribution in [2.24, 2.45) is 5.10 Å². The molecule has 4 rings (SSSR count). The second-order valence-corrected chi connectivity index (χ2v) is 9.35. The summed E-state index contributed by atoms with van der Waals surface area (Å²) in [7, 11) is 0. The molecule has 0 fully saturated rings. The number of amides is 1. The van der Waals surface area contributed by atoms with Crippen LogP contribution >= 0.6 is 39.3 Å². The van der Waals surface area contributed by atoms with Crippen LogP contribution in [0, 0.1) is 0 Å². The molecule has 0 radical (unpaired) electrons. The third-order valence-corrected chi connectivity index (χ3v) is 6.72. The first kappa shape index (κ1) is 22.6. The minimum atomic E-state index is -0.192. The molecule has 0 aliphatic carbocycles. The molecule has 1 amide bonds.